The fraction of sp³-hybridized carbons (Fsp3) is 0.538. The normalized spacial score (nSPS) is 19.6. The topological polar surface area (TPSA) is 38.5 Å². The molecule has 1 saturated heterocycles. The molecular weight excluding hydrogens is 236 g/mol. The summed E-state index contributed by atoms with van der Waals surface area (Å²) < 4.78 is 5.43. The Morgan fingerprint density at radius 2 is 2.35 bits per heavy atom. The van der Waals surface area contributed by atoms with Crippen molar-refractivity contribution in [3.05, 3.63) is 28.8 Å². The molecule has 1 atom stereocenters. The van der Waals surface area contributed by atoms with Gasteiger partial charge in [0.25, 0.3) is 0 Å². The van der Waals surface area contributed by atoms with Gasteiger partial charge in [-0.1, -0.05) is 17.7 Å². The molecule has 0 radical (unpaired) electrons. The number of benzene rings is 1. The van der Waals surface area contributed by atoms with Gasteiger partial charge < -0.3 is 15.4 Å². The Kier molecular flexibility index (Phi) is 4.26. The van der Waals surface area contributed by atoms with Crippen LogP contribution in [-0.2, 0) is 11.2 Å². The van der Waals surface area contributed by atoms with Gasteiger partial charge in [-0.2, -0.15) is 0 Å². The summed E-state index contributed by atoms with van der Waals surface area (Å²) in [5.74, 6) is 0. The van der Waals surface area contributed by atoms with Crippen molar-refractivity contribution in [3.8, 4) is 0 Å². The smallest absolute Gasteiger partial charge is 0.0670 e. The summed E-state index contributed by atoms with van der Waals surface area (Å²) >= 11 is 6.25. The van der Waals surface area contributed by atoms with E-state index in [0.29, 0.717) is 12.6 Å². The zero-order valence-electron chi connectivity index (χ0n) is 10.2. The summed E-state index contributed by atoms with van der Waals surface area (Å²) in [6.07, 6.45) is 1.89. The first kappa shape index (κ1) is 12.7. The van der Waals surface area contributed by atoms with Crippen LogP contribution >= 0.6 is 11.6 Å². The third-order valence-electron chi connectivity index (χ3n) is 3.32. The highest BCUT2D eigenvalue weighted by atomic mass is 35.5. The van der Waals surface area contributed by atoms with Gasteiger partial charge in [0, 0.05) is 24.4 Å². The van der Waals surface area contributed by atoms with E-state index in [2.05, 4.69) is 18.0 Å². The number of nitrogens with two attached hydrogens (primary N) is 1. The van der Waals surface area contributed by atoms with Gasteiger partial charge in [-0.3, -0.25) is 0 Å². The summed E-state index contributed by atoms with van der Waals surface area (Å²) in [5.41, 5.74) is 7.97. The maximum Gasteiger partial charge on any atom is 0.0670 e. The van der Waals surface area contributed by atoms with Crippen molar-refractivity contribution in [3.63, 3.8) is 0 Å². The molecule has 1 aliphatic heterocycles. The third-order valence-corrected chi connectivity index (χ3v) is 3.68. The largest absolute Gasteiger partial charge is 0.379 e. The molecule has 4 heteroatoms. The van der Waals surface area contributed by atoms with Crippen LogP contribution in [0.25, 0.3) is 0 Å². The van der Waals surface area contributed by atoms with Crippen molar-refractivity contribution in [1.82, 2.24) is 0 Å². The molecule has 17 heavy (non-hydrogen) atoms. The van der Waals surface area contributed by atoms with Gasteiger partial charge in [-0.25, -0.2) is 0 Å². The van der Waals surface area contributed by atoms with Gasteiger partial charge in [0.05, 0.1) is 12.6 Å². The van der Waals surface area contributed by atoms with Crippen LogP contribution in [0.1, 0.15) is 12.0 Å². The maximum absolute atomic E-state index is 6.25. The van der Waals surface area contributed by atoms with Gasteiger partial charge in [-0.15, -0.1) is 0 Å². The van der Waals surface area contributed by atoms with Gasteiger partial charge in [-0.05, 0) is 37.1 Å². The van der Waals surface area contributed by atoms with Crippen LogP contribution < -0.4 is 10.6 Å². The summed E-state index contributed by atoms with van der Waals surface area (Å²) in [7, 11) is 2.10. The highest BCUT2D eigenvalue weighted by Crippen LogP contribution is 2.29. The molecule has 0 aromatic heterocycles. The molecule has 94 valence electrons. The Balaban J connectivity index is 2.26. The molecule has 1 fully saturated rings. The molecule has 1 aromatic rings. The fourth-order valence-corrected chi connectivity index (χ4v) is 2.56. The van der Waals surface area contributed by atoms with Gasteiger partial charge in [0.15, 0.2) is 0 Å². The second-order valence-electron chi connectivity index (χ2n) is 4.40. The first-order valence-electron chi connectivity index (χ1n) is 6.02. The molecule has 3 nitrogen and oxygen atoms in total. The van der Waals surface area contributed by atoms with E-state index in [1.165, 1.54) is 5.69 Å². The van der Waals surface area contributed by atoms with E-state index in [1.807, 2.05) is 12.1 Å². The van der Waals surface area contributed by atoms with Crippen molar-refractivity contribution >= 4 is 17.3 Å². The van der Waals surface area contributed by atoms with E-state index in [0.717, 1.165) is 36.6 Å². The minimum atomic E-state index is 0.449. The first-order valence-corrected chi connectivity index (χ1v) is 6.40. The Labute approximate surface area is 107 Å². The Morgan fingerprint density at radius 3 is 3.00 bits per heavy atom. The number of ether oxygens (including phenoxy) is 1. The minimum absolute atomic E-state index is 0.449. The van der Waals surface area contributed by atoms with Crippen molar-refractivity contribution in [2.24, 2.45) is 5.73 Å². The number of likely N-dealkylation sites (N-methyl/N-ethyl adjacent to an activating group) is 1. The van der Waals surface area contributed by atoms with Crippen LogP contribution in [0.15, 0.2) is 18.2 Å². The molecule has 1 heterocycles. The van der Waals surface area contributed by atoms with Gasteiger partial charge in [0.1, 0.15) is 0 Å². The van der Waals surface area contributed by atoms with Gasteiger partial charge in [0.2, 0.25) is 0 Å². The van der Waals surface area contributed by atoms with E-state index in [1.54, 1.807) is 0 Å². The van der Waals surface area contributed by atoms with Crippen molar-refractivity contribution < 1.29 is 4.74 Å². The summed E-state index contributed by atoms with van der Waals surface area (Å²) in [5, 5.41) is 0.804. The number of anilines is 1. The van der Waals surface area contributed by atoms with Crippen LogP contribution in [0.3, 0.4) is 0 Å². The minimum Gasteiger partial charge on any atom is -0.379 e. The van der Waals surface area contributed by atoms with Crippen LogP contribution in [0, 0.1) is 0 Å². The molecule has 1 unspecified atom stereocenters. The first-order chi connectivity index (χ1) is 8.24. The van der Waals surface area contributed by atoms with Gasteiger partial charge >= 0.3 is 0 Å². The molecular formula is C13H19ClN2O. The highest BCUT2D eigenvalue weighted by molar-refractivity contribution is 6.31. The third kappa shape index (κ3) is 2.73. The van der Waals surface area contributed by atoms with Crippen LogP contribution in [0.4, 0.5) is 5.69 Å². The second-order valence-corrected chi connectivity index (χ2v) is 4.81. The SMILES string of the molecule is CN(c1cccc(Cl)c1CCN)C1CCOC1. The molecule has 0 amide bonds. The predicted molar refractivity (Wildman–Crippen MR) is 71.8 cm³/mol. The number of halogens is 1. The zero-order valence-corrected chi connectivity index (χ0v) is 10.9. The van der Waals surface area contributed by atoms with E-state index < -0.39 is 0 Å². The standard InChI is InChI=1S/C13H19ClN2O/c1-16(10-6-8-17-9-10)13-4-2-3-12(14)11(13)5-7-15/h2-4,10H,5-9,15H2,1H3. The lowest BCUT2D eigenvalue weighted by Crippen LogP contribution is -2.32. The second kappa shape index (κ2) is 5.71. The fourth-order valence-electron chi connectivity index (χ4n) is 2.29. The maximum atomic E-state index is 6.25. The summed E-state index contributed by atoms with van der Waals surface area (Å²) in [6, 6.07) is 6.47. The average Bonchev–Trinajstić information content (AvgIpc) is 2.85. The van der Waals surface area contributed by atoms with Crippen LogP contribution in [-0.4, -0.2) is 32.8 Å². The molecule has 0 aliphatic carbocycles. The molecule has 2 rings (SSSR count). The quantitative estimate of drug-likeness (QED) is 0.894. The van der Waals surface area contributed by atoms with E-state index >= 15 is 0 Å². The van der Waals surface area contributed by atoms with Crippen LogP contribution in [0.5, 0.6) is 0 Å². The van der Waals surface area contributed by atoms with E-state index in [-0.39, 0.29) is 0 Å². The molecule has 0 spiro atoms. The zero-order chi connectivity index (χ0) is 12.3. The van der Waals surface area contributed by atoms with Crippen molar-refractivity contribution in [2.75, 3.05) is 31.7 Å². The molecule has 0 bridgehead atoms. The highest BCUT2D eigenvalue weighted by Gasteiger charge is 2.22. The lowest BCUT2D eigenvalue weighted by atomic mass is 10.1. The number of hydrogen-bond donors (Lipinski definition) is 1. The van der Waals surface area contributed by atoms with Crippen molar-refractivity contribution in [2.45, 2.75) is 18.9 Å². The molecule has 1 aliphatic rings. The Bertz CT molecular complexity index is 378. The lowest BCUT2D eigenvalue weighted by molar-refractivity contribution is 0.193. The monoisotopic (exact) mass is 254 g/mol. The summed E-state index contributed by atoms with van der Waals surface area (Å²) in [4.78, 5) is 2.27. The van der Waals surface area contributed by atoms with Crippen molar-refractivity contribution in [1.29, 1.82) is 0 Å². The average molecular weight is 255 g/mol. The molecule has 1 aromatic carbocycles. The van der Waals surface area contributed by atoms with E-state index in [4.69, 9.17) is 22.1 Å². The molecule has 2 N–H and O–H groups in total. The van der Waals surface area contributed by atoms with E-state index in [9.17, 15) is 0 Å². The number of hydrogen-bond acceptors (Lipinski definition) is 3. The lowest BCUT2D eigenvalue weighted by Gasteiger charge is -2.28. The molecule has 0 saturated carbocycles. The predicted octanol–water partition coefficient (Wildman–Crippen LogP) is 2.07. The Morgan fingerprint density at radius 1 is 1.53 bits per heavy atom. The number of rotatable bonds is 4. The summed E-state index contributed by atoms with van der Waals surface area (Å²) in [6.45, 7) is 2.26. The van der Waals surface area contributed by atoms with Crippen LogP contribution in [0.2, 0.25) is 5.02 Å². The Hall–Kier alpha value is -0.770. The number of nitrogens with zero attached hydrogens (tertiary/aromatic N) is 1.